The predicted molar refractivity (Wildman–Crippen MR) is 107 cm³/mol. The number of aryl methyl sites for hydroxylation is 1. The Morgan fingerprint density at radius 2 is 1.76 bits per heavy atom. The number of benzene rings is 2. The number of thiophene rings is 1. The highest BCUT2D eigenvalue weighted by Crippen LogP contribution is 2.33. The van der Waals surface area contributed by atoms with Gasteiger partial charge in [-0.15, -0.1) is 11.3 Å². The summed E-state index contributed by atoms with van der Waals surface area (Å²) in [5.41, 5.74) is 4.60. The van der Waals surface area contributed by atoms with Crippen LogP contribution in [0.4, 0.5) is 5.69 Å². The minimum Gasteiger partial charge on any atom is -0.307 e. The molecule has 0 saturated carbocycles. The summed E-state index contributed by atoms with van der Waals surface area (Å²) >= 11 is 1.69. The van der Waals surface area contributed by atoms with E-state index < -0.39 is 0 Å². The maximum absolute atomic E-state index is 12.7. The fourth-order valence-corrected chi connectivity index (χ4v) is 3.76. The van der Waals surface area contributed by atoms with Crippen LogP contribution in [-0.2, 0) is 11.3 Å². The average molecular weight is 349 g/mol. The molecule has 0 aliphatic carbocycles. The Bertz CT molecular complexity index is 838. The number of hydrogen-bond acceptors (Lipinski definition) is 2. The number of amides is 1. The van der Waals surface area contributed by atoms with Gasteiger partial charge >= 0.3 is 0 Å². The van der Waals surface area contributed by atoms with E-state index >= 15 is 0 Å². The largest absolute Gasteiger partial charge is 0.307 e. The van der Waals surface area contributed by atoms with Crippen molar-refractivity contribution in [2.75, 3.05) is 4.90 Å². The molecule has 25 heavy (non-hydrogen) atoms. The summed E-state index contributed by atoms with van der Waals surface area (Å²) < 4.78 is 0. The maximum atomic E-state index is 12.7. The van der Waals surface area contributed by atoms with Crippen molar-refractivity contribution in [2.24, 2.45) is 0 Å². The summed E-state index contributed by atoms with van der Waals surface area (Å²) in [4.78, 5) is 15.9. The van der Waals surface area contributed by atoms with Gasteiger partial charge in [-0.1, -0.05) is 61.5 Å². The van der Waals surface area contributed by atoms with Gasteiger partial charge in [0, 0.05) is 16.7 Å². The molecule has 0 unspecified atom stereocenters. The Hall–Kier alpha value is -2.39. The molecule has 2 nitrogen and oxygen atoms in total. The quantitative estimate of drug-likeness (QED) is 0.530. The highest BCUT2D eigenvalue weighted by atomic mass is 32.1. The normalized spacial score (nSPS) is 10.6. The lowest BCUT2D eigenvalue weighted by Gasteiger charge is -2.22. The van der Waals surface area contributed by atoms with E-state index in [4.69, 9.17) is 0 Å². The van der Waals surface area contributed by atoms with Crippen molar-refractivity contribution >= 4 is 22.9 Å². The van der Waals surface area contributed by atoms with E-state index in [1.165, 1.54) is 21.6 Å². The summed E-state index contributed by atoms with van der Waals surface area (Å²) in [6, 6.07) is 20.7. The van der Waals surface area contributed by atoms with Crippen LogP contribution in [0.2, 0.25) is 0 Å². The van der Waals surface area contributed by atoms with Crippen molar-refractivity contribution in [3.8, 4) is 10.4 Å². The smallest absolute Gasteiger partial charge is 0.227 e. The molecular formula is C22H23NOS. The maximum Gasteiger partial charge on any atom is 0.227 e. The van der Waals surface area contributed by atoms with Gasteiger partial charge in [0.2, 0.25) is 5.91 Å². The third-order valence-electron chi connectivity index (χ3n) is 4.31. The van der Waals surface area contributed by atoms with Gasteiger partial charge in [-0.25, -0.2) is 0 Å². The van der Waals surface area contributed by atoms with Crippen molar-refractivity contribution in [3.05, 3.63) is 77.2 Å². The number of anilines is 1. The first-order valence-corrected chi connectivity index (χ1v) is 9.56. The Labute approximate surface area is 153 Å². The predicted octanol–water partition coefficient (Wildman–Crippen LogP) is 6.06. The lowest BCUT2D eigenvalue weighted by atomic mass is 10.1. The summed E-state index contributed by atoms with van der Waals surface area (Å²) in [5, 5.41) is 2.09. The van der Waals surface area contributed by atoms with Crippen LogP contribution in [0.3, 0.4) is 0 Å². The van der Waals surface area contributed by atoms with Gasteiger partial charge in [-0.05, 0) is 36.1 Å². The summed E-state index contributed by atoms with van der Waals surface area (Å²) in [7, 11) is 0. The molecule has 128 valence electrons. The van der Waals surface area contributed by atoms with E-state index in [1.54, 1.807) is 11.3 Å². The summed E-state index contributed by atoms with van der Waals surface area (Å²) in [6.07, 6.45) is 1.43. The van der Waals surface area contributed by atoms with E-state index in [2.05, 4.69) is 42.6 Å². The zero-order valence-electron chi connectivity index (χ0n) is 14.7. The summed E-state index contributed by atoms with van der Waals surface area (Å²) in [6.45, 7) is 4.77. The summed E-state index contributed by atoms with van der Waals surface area (Å²) in [5.74, 6) is 0.183. The second kappa shape index (κ2) is 8.13. The third-order valence-corrected chi connectivity index (χ3v) is 5.28. The molecule has 1 amide bonds. The molecule has 3 aromatic rings. The van der Waals surface area contributed by atoms with E-state index in [9.17, 15) is 4.79 Å². The Morgan fingerprint density at radius 1 is 1.04 bits per heavy atom. The third kappa shape index (κ3) is 4.18. The zero-order valence-corrected chi connectivity index (χ0v) is 15.6. The molecule has 1 aromatic heterocycles. The monoisotopic (exact) mass is 349 g/mol. The molecule has 0 aliphatic heterocycles. The van der Waals surface area contributed by atoms with Gasteiger partial charge in [0.1, 0.15) is 0 Å². The number of hydrogen-bond donors (Lipinski definition) is 0. The average Bonchev–Trinajstić information content (AvgIpc) is 3.12. The van der Waals surface area contributed by atoms with Crippen LogP contribution >= 0.6 is 11.3 Å². The Morgan fingerprint density at radius 3 is 2.48 bits per heavy atom. The lowest BCUT2D eigenvalue weighted by molar-refractivity contribution is -0.118. The van der Waals surface area contributed by atoms with Crippen molar-refractivity contribution < 1.29 is 4.79 Å². The van der Waals surface area contributed by atoms with E-state index in [0.717, 1.165) is 12.1 Å². The van der Waals surface area contributed by atoms with Crippen molar-refractivity contribution in [1.29, 1.82) is 0 Å². The molecule has 0 aliphatic rings. The number of carbonyl (C=O) groups excluding carboxylic acids is 1. The van der Waals surface area contributed by atoms with Crippen LogP contribution < -0.4 is 4.90 Å². The topological polar surface area (TPSA) is 20.3 Å². The van der Waals surface area contributed by atoms with E-state index in [0.29, 0.717) is 13.0 Å². The van der Waals surface area contributed by atoms with Crippen LogP contribution in [0.1, 0.15) is 30.9 Å². The molecule has 0 N–H and O–H groups in total. The Balaban J connectivity index is 1.91. The standard InChI is InChI=1S/C22H23NOS/c1-3-9-22(24)23(15-19-13-8-7-10-17(19)2)20-14-21(25-16-20)18-11-5-4-6-12-18/h4-8,10-14,16H,3,9,15H2,1-2H3. The minimum absolute atomic E-state index is 0.183. The van der Waals surface area contributed by atoms with Crippen LogP contribution in [0, 0.1) is 6.92 Å². The van der Waals surface area contributed by atoms with Gasteiger partial charge in [-0.2, -0.15) is 0 Å². The molecule has 0 spiro atoms. The van der Waals surface area contributed by atoms with Gasteiger partial charge < -0.3 is 4.90 Å². The molecule has 3 heteroatoms. The van der Waals surface area contributed by atoms with Crippen molar-refractivity contribution in [2.45, 2.75) is 33.2 Å². The number of carbonyl (C=O) groups is 1. The lowest BCUT2D eigenvalue weighted by Crippen LogP contribution is -2.30. The number of nitrogens with zero attached hydrogens (tertiary/aromatic N) is 1. The van der Waals surface area contributed by atoms with Gasteiger partial charge in [0.25, 0.3) is 0 Å². The van der Waals surface area contributed by atoms with Crippen LogP contribution in [0.25, 0.3) is 10.4 Å². The number of rotatable bonds is 6. The molecular weight excluding hydrogens is 326 g/mol. The first-order valence-electron chi connectivity index (χ1n) is 8.68. The van der Waals surface area contributed by atoms with Crippen LogP contribution in [-0.4, -0.2) is 5.91 Å². The van der Waals surface area contributed by atoms with E-state index in [1.807, 2.05) is 42.2 Å². The fraction of sp³-hybridized carbons (Fsp3) is 0.227. The van der Waals surface area contributed by atoms with Gasteiger partial charge in [-0.3, -0.25) is 4.79 Å². The zero-order chi connectivity index (χ0) is 17.6. The second-order valence-corrected chi connectivity index (χ2v) is 7.10. The molecule has 0 atom stereocenters. The van der Waals surface area contributed by atoms with Crippen LogP contribution in [0.5, 0.6) is 0 Å². The molecule has 1 heterocycles. The van der Waals surface area contributed by atoms with Gasteiger partial charge in [0.05, 0.1) is 12.2 Å². The molecule has 3 rings (SSSR count). The first-order chi connectivity index (χ1) is 12.2. The van der Waals surface area contributed by atoms with Crippen molar-refractivity contribution in [3.63, 3.8) is 0 Å². The minimum atomic E-state index is 0.183. The van der Waals surface area contributed by atoms with Crippen molar-refractivity contribution in [1.82, 2.24) is 0 Å². The first kappa shape index (κ1) is 17.4. The highest BCUT2D eigenvalue weighted by Gasteiger charge is 2.18. The molecule has 0 fully saturated rings. The van der Waals surface area contributed by atoms with E-state index in [-0.39, 0.29) is 5.91 Å². The second-order valence-electron chi connectivity index (χ2n) is 6.19. The van der Waals surface area contributed by atoms with Crippen LogP contribution in [0.15, 0.2) is 66.0 Å². The highest BCUT2D eigenvalue weighted by molar-refractivity contribution is 7.14. The Kier molecular flexibility index (Phi) is 5.67. The molecule has 0 saturated heterocycles. The van der Waals surface area contributed by atoms with Gasteiger partial charge in [0.15, 0.2) is 0 Å². The SMILES string of the molecule is CCCC(=O)N(Cc1ccccc1C)c1csc(-c2ccccc2)c1. The molecule has 0 bridgehead atoms. The molecule has 2 aromatic carbocycles. The molecule has 0 radical (unpaired) electrons. The fourth-order valence-electron chi connectivity index (χ4n) is 2.85.